The van der Waals surface area contributed by atoms with Gasteiger partial charge in [-0.2, -0.15) is 0 Å². The molecule has 10 heteroatoms. The van der Waals surface area contributed by atoms with Crippen LogP contribution in [-0.2, 0) is 20.8 Å². The molecule has 138 valence electrons. The lowest BCUT2D eigenvalue weighted by Crippen LogP contribution is -2.58. The Bertz CT molecular complexity index is 607. The number of carbonyl (C=O) groups is 3. The predicted molar refractivity (Wildman–Crippen MR) is 87.0 cm³/mol. The molecule has 0 aliphatic heterocycles. The van der Waals surface area contributed by atoms with Crippen LogP contribution in [-0.4, -0.2) is 64.1 Å². The van der Waals surface area contributed by atoms with E-state index in [-0.39, 0.29) is 12.2 Å². The number of rotatable bonds is 11. The molecule has 1 rings (SSSR count). The average Bonchev–Trinajstić information content (AvgIpc) is 2.60. The normalized spacial score (nSPS) is 14.5. The summed E-state index contributed by atoms with van der Waals surface area (Å²) in [7, 11) is 0. The number of primary amides is 1. The van der Waals surface area contributed by atoms with E-state index in [0.717, 1.165) is 0 Å². The van der Waals surface area contributed by atoms with Crippen LogP contribution in [0.1, 0.15) is 5.56 Å². The number of phenolic OH excluding ortho intramolecular Hbond substituents is 1. The lowest BCUT2D eigenvalue weighted by Gasteiger charge is -2.21. The number of hydrogen-bond donors (Lipinski definition) is 7. The van der Waals surface area contributed by atoms with Gasteiger partial charge in [0.05, 0.1) is 25.3 Å². The molecule has 0 bridgehead atoms. The summed E-state index contributed by atoms with van der Waals surface area (Å²) in [5.74, 6) is -2.72. The van der Waals surface area contributed by atoms with Crippen molar-refractivity contribution in [2.24, 2.45) is 11.5 Å². The molecule has 0 saturated carbocycles. The van der Waals surface area contributed by atoms with Crippen molar-refractivity contribution < 1.29 is 29.7 Å². The van der Waals surface area contributed by atoms with Crippen molar-refractivity contribution in [1.29, 1.82) is 0 Å². The van der Waals surface area contributed by atoms with E-state index >= 15 is 0 Å². The molecule has 9 N–H and O–H groups in total. The zero-order valence-corrected chi connectivity index (χ0v) is 13.4. The van der Waals surface area contributed by atoms with Crippen LogP contribution in [0.3, 0.4) is 0 Å². The molecule has 0 heterocycles. The molecule has 0 aromatic heterocycles. The van der Waals surface area contributed by atoms with E-state index in [0.29, 0.717) is 5.56 Å². The average molecular weight is 354 g/mol. The van der Waals surface area contributed by atoms with Gasteiger partial charge < -0.3 is 26.8 Å². The maximum absolute atomic E-state index is 12.3. The summed E-state index contributed by atoms with van der Waals surface area (Å²) in [5.41, 5.74) is 16.0. The first-order chi connectivity index (χ1) is 11.8. The fourth-order valence-electron chi connectivity index (χ4n) is 1.92. The van der Waals surface area contributed by atoms with E-state index in [4.69, 9.17) is 21.7 Å². The van der Waals surface area contributed by atoms with Crippen molar-refractivity contribution >= 4 is 17.5 Å². The number of phenols is 1. The molecular formula is C15H22N4O6. The number of aliphatic hydroxyl groups excluding tert-OH is 2. The van der Waals surface area contributed by atoms with Gasteiger partial charge in [0.2, 0.25) is 17.5 Å². The standard InChI is InChI=1S/C15H22N4O6/c16-10(6-20)13(23)14(24)11(18-19-12(7-21)15(17)25)5-8-1-3-9(22)4-2-8/h1-4,10-12,18-22H,5-7,16H2,(H2,17,25)/t10-,11-,12-/m0/s1. The number of aliphatic hydroxyl groups is 2. The van der Waals surface area contributed by atoms with Gasteiger partial charge in [0, 0.05) is 0 Å². The summed E-state index contributed by atoms with van der Waals surface area (Å²) in [5, 5.41) is 27.3. The molecule has 0 spiro atoms. The number of aromatic hydroxyl groups is 1. The zero-order chi connectivity index (χ0) is 19.0. The van der Waals surface area contributed by atoms with E-state index in [2.05, 4.69) is 10.9 Å². The van der Waals surface area contributed by atoms with Crippen LogP contribution in [0.4, 0.5) is 0 Å². The van der Waals surface area contributed by atoms with Crippen LogP contribution in [0.2, 0.25) is 0 Å². The Kier molecular flexibility index (Phi) is 8.11. The quantitative estimate of drug-likeness (QED) is 0.158. The van der Waals surface area contributed by atoms with Gasteiger partial charge in [-0.1, -0.05) is 12.1 Å². The van der Waals surface area contributed by atoms with Gasteiger partial charge in [-0.25, -0.2) is 10.9 Å². The van der Waals surface area contributed by atoms with Crippen molar-refractivity contribution in [2.75, 3.05) is 13.2 Å². The number of Topliss-reactive ketones (excluding diaryl/α,β-unsaturated/α-hetero) is 2. The van der Waals surface area contributed by atoms with Gasteiger partial charge in [-0.3, -0.25) is 14.4 Å². The van der Waals surface area contributed by atoms with Crippen molar-refractivity contribution in [3.8, 4) is 5.75 Å². The third kappa shape index (κ3) is 6.21. The second kappa shape index (κ2) is 9.81. The number of hydrogen-bond acceptors (Lipinski definition) is 9. The highest BCUT2D eigenvalue weighted by molar-refractivity contribution is 6.41. The van der Waals surface area contributed by atoms with Crippen molar-refractivity contribution in [3.63, 3.8) is 0 Å². The summed E-state index contributed by atoms with van der Waals surface area (Å²) in [4.78, 5) is 35.4. The Morgan fingerprint density at radius 1 is 0.960 bits per heavy atom. The fraction of sp³-hybridized carbons (Fsp3) is 0.400. The van der Waals surface area contributed by atoms with Crippen molar-refractivity contribution in [2.45, 2.75) is 24.5 Å². The molecule has 0 aliphatic rings. The summed E-state index contributed by atoms with van der Waals surface area (Å²) in [6.07, 6.45) is 0.0207. The van der Waals surface area contributed by atoms with Crippen LogP contribution in [0.25, 0.3) is 0 Å². The maximum Gasteiger partial charge on any atom is 0.238 e. The van der Waals surface area contributed by atoms with Gasteiger partial charge in [-0.05, 0) is 24.1 Å². The van der Waals surface area contributed by atoms with Crippen LogP contribution in [0.15, 0.2) is 24.3 Å². The first-order valence-corrected chi connectivity index (χ1v) is 7.43. The van der Waals surface area contributed by atoms with Crippen LogP contribution < -0.4 is 22.3 Å². The van der Waals surface area contributed by atoms with Crippen LogP contribution in [0.5, 0.6) is 5.75 Å². The van der Waals surface area contributed by atoms with Gasteiger partial charge in [0.1, 0.15) is 11.8 Å². The molecule has 3 atom stereocenters. The maximum atomic E-state index is 12.3. The molecule has 1 aromatic carbocycles. The highest BCUT2D eigenvalue weighted by Crippen LogP contribution is 2.12. The Morgan fingerprint density at radius 2 is 1.52 bits per heavy atom. The van der Waals surface area contributed by atoms with E-state index in [9.17, 15) is 19.5 Å². The molecule has 1 aromatic rings. The third-order valence-corrected chi connectivity index (χ3v) is 3.43. The van der Waals surface area contributed by atoms with Crippen molar-refractivity contribution in [1.82, 2.24) is 10.9 Å². The molecule has 0 radical (unpaired) electrons. The van der Waals surface area contributed by atoms with E-state index in [1.54, 1.807) is 12.1 Å². The Labute approximate surface area is 143 Å². The van der Waals surface area contributed by atoms with Crippen LogP contribution in [0, 0.1) is 0 Å². The summed E-state index contributed by atoms with van der Waals surface area (Å²) in [6.45, 7) is -1.31. The number of nitrogens with two attached hydrogens (primary N) is 2. The Morgan fingerprint density at radius 3 is 2.00 bits per heavy atom. The minimum atomic E-state index is -1.36. The number of benzene rings is 1. The summed E-state index contributed by atoms with van der Waals surface area (Å²) >= 11 is 0. The molecule has 25 heavy (non-hydrogen) atoms. The summed E-state index contributed by atoms with van der Waals surface area (Å²) in [6, 6.07) is 2.24. The highest BCUT2D eigenvalue weighted by atomic mass is 16.3. The number of ketones is 2. The molecule has 1 amide bonds. The van der Waals surface area contributed by atoms with Gasteiger partial charge in [0.25, 0.3) is 0 Å². The second-order valence-electron chi connectivity index (χ2n) is 5.37. The van der Waals surface area contributed by atoms with Gasteiger partial charge >= 0.3 is 0 Å². The summed E-state index contributed by atoms with van der Waals surface area (Å²) < 4.78 is 0. The molecule has 0 unspecified atom stereocenters. The fourth-order valence-corrected chi connectivity index (χ4v) is 1.92. The lowest BCUT2D eigenvalue weighted by atomic mass is 9.98. The lowest BCUT2D eigenvalue weighted by molar-refractivity contribution is -0.139. The topological polar surface area (TPSA) is 188 Å². The SMILES string of the molecule is NC(=O)[C@H](CO)NN[C@@H](Cc1ccc(O)cc1)C(=O)C(=O)[C@@H](N)CO. The number of nitrogens with one attached hydrogen (secondary N) is 2. The van der Waals surface area contributed by atoms with Crippen molar-refractivity contribution in [3.05, 3.63) is 29.8 Å². The van der Waals surface area contributed by atoms with E-state index < -0.39 is 48.8 Å². The molecule has 0 saturated heterocycles. The van der Waals surface area contributed by atoms with E-state index in [1.807, 2.05) is 0 Å². The number of carbonyl (C=O) groups excluding carboxylic acids is 3. The molecule has 0 aliphatic carbocycles. The first-order valence-electron chi connectivity index (χ1n) is 7.43. The monoisotopic (exact) mass is 354 g/mol. The zero-order valence-electron chi connectivity index (χ0n) is 13.4. The van der Waals surface area contributed by atoms with E-state index in [1.165, 1.54) is 12.1 Å². The Hall–Kier alpha value is -2.37. The smallest absolute Gasteiger partial charge is 0.238 e. The van der Waals surface area contributed by atoms with Gasteiger partial charge in [0.15, 0.2) is 0 Å². The second-order valence-corrected chi connectivity index (χ2v) is 5.37. The number of hydrazine groups is 1. The number of amides is 1. The highest BCUT2D eigenvalue weighted by Gasteiger charge is 2.30. The predicted octanol–water partition coefficient (Wildman–Crippen LogP) is -3.30. The Balaban J connectivity index is 2.92. The van der Waals surface area contributed by atoms with Crippen LogP contribution >= 0.6 is 0 Å². The molecular weight excluding hydrogens is 332 g/mol. The molecule has 10 nitrogen and oxygen atoms in total. The first kappa shape index (κ1) is 20.7. The molecule has 0 fully saturated rings. The van der Waals surface area contributed by atoms with Gasteiger partial charge in [-0.15, -0.1) is 0 Å². The third-order valence-electron chi connectivity index (χ3n) is 3.43. The minimum Gasteiger partial charge on any atom is -0.508 e. The largest absolute Gasteiger partial charge is 0.508 e. The minimum absolute atomic E-state index is 0.0207.